The van der Waals surface area contributed by atoms with Gasteiger partial charge in [-0.25, -0.2) is 0 Å². The minimum absolute atomic E-state index is 0.575. The molecule has 17 heavy (non-hydrogen) atoms. The van der Waals surface area contributed by atoms with E-state index in [1.807, 2.05) is 31.4 Å². The Hall–Kier alpha value is -1.75. The lowest BCUT2D eigenvalue weighted by Gasteiger charge is -2.01. The van der Waals surface area contributed by atoms with E-state index in [4.69, 9.17) is 4.42 Å². The zero-order valence-corrected chi connectivity index (χ0v) is 10.1. The fourth-order valence-corrected chi connectivity index (χ4v) is 2.10. The maximum Gasteiger partial charge on any atom is 0.265 e. The van der Waals surface area contributed by atoms with Crippen LogP contribution >= 0.6 is 11.6 Å². The Bertz CT molecular complexity index is 663. The molecule has 0 bridgehead atoms. The highest BCUT2D eigenvalue weighted by molar-refractivity contribution is 8.19. The standard InChI is InChI=1S/C12H9BN2OS/c13-17-12-15-14-11(16-12)10-7-3-5-8-4-1-2-6-9(8)10/h1-7H,13H2. The van der Waals surface area contributed by atoms with Gasteiger partial charge in [-0.2, -0.15) is 0 Å². The number of nitrogens with zero attached hydrogens (tertiary/aromatic N) is 2. The number of hydrogen-bond donors (Lipinski definition) is 0. The molecule has 0 aliphatic rings. The van der Waals surface area contributed by atoms with Gasteiger partial charge in [-0.1, -0.05) is 36.4 Å². The van der Waals surface area contributed by atoms with Crippen LogP contribution < -0.4 is 0 Å². The molecule has 0 spiro atoms. The molecule has 0 fully saturated rings. The molecule has 0 N–H and O–H groups in total. The highest BCUT2D eigenvalue weighted by Crippen LogP contribution is 2.28. The van der Waals surface area contributed by atoms with Crippen molar-refractivity contribution < 1.29 is 4.42 Å². The van der Waals surface area contributed by atoms with Gasteiger partial charge in [-0.15, -0.1) is 21.8 Å². The summed E-state index contributed by atoms with van der Waals surface area (Å²) in [6.07, 6.45) is 0. The smallest absolute Gasteiger partial charge is 0.265 e. The molecule has 5 heteroatoms. The summed E-state index contributed by atoms with van der Waals surface area (Å²) in [6, 6.07) is 14.2. The molecule has 3 nitrogen and oxygen atoms in total. The van der Waals surface area contributed by atoms with Crippen molar-refractivity contribution in [3.63, 3.8) is 0 Å². The van der Waals surface area contributed by atoms with Crippen LogP contribution in [0.2, 0.25) is 0 Å². The quantitative estimate of drug-likeness (QED) is 0.645. The van der Waals surface area contributed by atoms with E-state index >= 15 is 0 Å². The lowest BCUT2D eigenvalue weighted by Crippen LogP contribution is -1.80. The summed E-state index contributed by atoms with van der Waals surface area (Å²) in [4.78, 5) is 0. The molecule has 0 unspecified atom stereocenters. The van der Waals surface area contributed by atoms with Crippen molar-refractivity contribution in [2.45, 2.75) is 5.22 Å². The van der Waals surface area contributed by atoms with Crippen LogP contribution in [0.25, 0.3) is 22.2 Å². The van der Waals surface area contributed by atoms with E-state index in [9.17, 15) is 0 Å². The fourth-order valence-electron chi connectivity index (χ4n) is 1.81. The van der Waals surface area contributed by atoms with Crippen LogP contribution in [0.4, 0.5) is 0 Å². The molecule has 1 aromatic heterocycles. The van der Waals surface area contributed by atoms with Crippen LogP contribution in [0, 0.1) is 0 Å². The number of rotatable bonds is 2. The summed E-state index contributed by atoms with van der Waals surface area (Å²) in [5.41, 5.74) is 0.982. The first-order chi connectivity index (χ1) is 8.38. The maximum atomic E-state index is 5.57. The Morgan fingerprint density at radius 2 is 1.82 bits per heavy atom. The van der Waals surface area contributed by atoms with Gasteiger partial charge in [-0.3, -0.25) is 0 Å². The van der Waals surface area contributed by atoms with Gasteiger partial charge in [0, 0.05) is 5.56 Å². The van der Waals surface area contributed by atoms with Crippen LogP contribution in [0.1, 0.15) is 0 Å². The predicted molar refractivity (Wildman–Crippen MR) is 71.6 cm³/mol. The van der Waals surface area contributed by atoms with Crippen LogP contribution in [0.3, 0.4) is 0 Å². The number of fused-ring (bicyclic) bond motifs is 1. The minimum atomic E-state index is 0.575. The summed E-state index contributed by atoms with van der Waals surface area (Å²) in [5.74, 6) is 0.575. The molecule has 2 aromatic carbocycles. The molecule has 3 rings (SSSR count). The van der Waals surface area contributed by atoms with Crippen LogP contribution in [0.5, 0.6) is 0 Å². The van der Waals surface area contributed by atoms with Gasteiger partial charge in [0.25, 0.3) is 5.22 Å². The lowest BCUT2D eigenvalue weighted by atomic mass is 10.0. The molecule has 0 amide bonds. The Kier molecular flexibility index (Phi) is 2.61. The Balaban J connectivity index is 2.23. The van der Waals surface area contributed by atoms with Crippen LogP contribution in [-0.4, -0.2) is 17.3 Å². The first kappa shape index (κ1) is 10.4. The predicted octanol–water partition coefficient (Wildman–Crippen LogP) is 2.53. The van der Waals surface area contributed by atoms with E-state index < -0.39 is 0 Å². The average molecular weight is 240 g/mol. The van der Waals surface area contributed by atoms with Gasteiger partial charge in [-0.05, 0) is 16.8 Å². The molecule has 82 valence electrons. The van der Waals surface area contributed by atoms with Gasteiger partial charge < -0.3 is 4.42 Å². The number of benzene rings is 2. The van der Waals surface area contributed by atoms with E-state index in [2.05, 4.69) is 28.4 Å². The first-order valence-corrected chi connectivity index (χ1v) is 6.46. The van der Waals surface area contributed by atoms with Crippen molar-refractivity contribution in [1.29, 1.82) is 0 Å². The van der Waals surface area contributed by atoms with E-state index in [0.29, 0.717) is 11.1 Å². The molecule has 3 aromatic rings. The Morgan fingerprint density at radius 1 is 1.00 bits per heavy atom. The lowest BCUT2D eigenvalue weighted by molar-refractivity contribution is 0.468. The molecule has 0 saturated carbocycles. The summed E-state index contributed by atoms with van der Waals surface area (Å²) in [6.45, 7) is 0. The van der Waals surface area contributed by atoms with E-state index in [-0.39, 0.29) is 0 Å². The van der Waals surface area contributed by atoms with Gasteiger partial charge in [0.2, 0.25) is 5.89 Å². The molecular weight excluding hydrogens is 231 g/mol. The second-order valence-electron chi connectivity index (χ2n) is 3.60. The molecule has 0 saturated heterocycles. The zero-order chi connectivity index (χ0) is 11.7. The van der Waals surface area contributed by atoms with Gasteiger partial charge in [0.1, 0.15) is 0 Å². The second kappa shape index (κ2) is 4.26. The summed E-state index contributed by atoms with van der Waals surface area (Å²) in [7, 11) is 1.92. The SMILES string of the molecule is BSc1nnc(-c2cccc3ccccc23)o1. The van der Waals surface area contributed by atoms with Gasteiger partial charge >= 0.3 is 0 Å². The van der Waals surface area contributed by atoms with Crippen molar-refractivity contribution in [3.05, 3.63) is 42.5 Å². The largest absolute Gasteiger partial charge is 0.412 e. The van der Waals surface area contributed by atoms with Crippen molar-refractivity contribution in [1.82, 2.24) is 10.2 Å². The molecule has 1 heterocycles. The third-order valence-electron chi connectivity index (χ3n) is 2.60. The van der Waals surface area contributed by atoms with Crippen molar-refractivity contribution in [3.8, 4) is 11.5 Å². The molecule has 0 aliphatic carbocycles. The highest BCUT2D eigenvalue weighted by atomic mass is 32.2. The topological polar surface area (TPSA) is 38.9 Å². The molecule has 0 radical (unpaired) electrons. The summed E-state index contributed by atoms with van der Waals surface area (Å²) >= 11 is 1.45. The summed E-state index contributed by atoms with van der Waals surface area (Å²) in [5, 5.41) is 10.9. The highest BCUT2D eigenvalue weighted by Gasteiger charge is 2.10. The van der Waals surface area contributed by atoms with Crippen molar-refractivity contribution >= 4 is 29.5 Å². The minimum Gasteiger partial charge on any atom is -0.412 e. The van der Waals surface area contributed by atoms with Crippen molar-refractivity contribution in [2.75, 3.05) is 0 Å². The fraction of sp³-hybridized carbons (Fsp3) is 0. The molecule has 0 aliphatic heterocycles. The second-order valence-corrected chi connectivity index (χ2v) is 4.36. The molecule has 0 atom stereocenters. The van der Waals surface area contributed by atoms with Crippen molar-refractivity contribution in [2.24, 2.45) is 0 Å². The molecular formula is C12H9BN2OS. The Labute approximate surface area is 104 Å². The van der Waals surface area contributed by atoms with E-state index in [1.165, 1.54) is 17.0 Å². The van der Waals surface area contributed by atoms with Gasteiger partial charge in [0.15, 0.2) is 7.12 Å². The maximum absolute atomic E-state index is 5.57. The third-order valence-corrected chi connectivity index (χ3v) is 3.12. The van der Waals surface area contributed by atoms with Crippen LogP contribution in [0.15, 0.2) is 52.1 Å². The first-order valence-electron chi connectivity index (χ1n) is 5.24. The number of hydrogen-bond acceptors (Lipinski definition) is 4. The normalized spacial score (nSPS) is 10.8. The van der Waals surface area contributed by atoms with E-state index in [1.54, 1.807) is 0 Å². The summed E-state index contributed by atoms with van der Waals surface area (Å²) < 4.78 is 5.57. The van der Waals surface area contributed by atoms with Crippen LogP contribution in [-0.2, 0) is 0 Å². The number of aromatic nitrogens is 2. The average Bonchev–Trinajstić information content (AvgIpc) is 2.87. The monoisotopic (exact) mass is 240 g/mol. The van der Waals surface area contributed by atoms with Gasteiger partial charge in [0.05, 0.1) is 0 Å². The zero-order valence-electron chi connectivity index (χ0n) is 9.25. The third kappa shape index (κ3) is 1.82. The van der Waals surface area contributed by atoms with E-state index in [0.717, 1.165) is 10.9 Å². The Morgan fingerprint density at radius 3 is 2.65 bits per heavy atom.